The van der Waals surface area contributed by atoms with Crippen LogP contribution in [-0.2, 0) is 16.4 Å². The lowest BCUT2D eigenvalue weighted by Gasteiger charge is -2.11. The largest absolute Gasteiger partial charge is 0.328 e. The first-order chi connectivity index (χ1) is 8.93. The van der Waals surface area contributed by atoms with Gasteiger partial charge in [-0.3, -0.25) is 4.57 Å². The molecule has 0 aliphatic carbocycles. The zero-order valence-corrected chi connectivity index (χ0v) is 12.3. The summed E-state index contributed by atoms with van der Waals surface area (Å²) in [6.45, 7) is 4.61. The van der Waals surface area contributed by atoms with Gasteiger partial charge in [-0.1, -0.05) is 0 Å². The Hall–Kier alpha value is -1.41. The fourth-order valence-corrected chi connectivity index (χ4v) is 4.06. The summed E-state index contributed by atoms with van der Waals surface area (Å²) in [6, 6.07) is -0.257. The molecule has 0 amide bonds. The van der Waals surface area contributed by atoms with Crippen LogP contribution in [0.4, 0.5) is 0 Å². The number of hydrogen-bond donors (Lipinski definition) is 1. The van der Waals surface area contributed by atoms with E-state index >= 15 is 0 Å². The predicted octanol–water partition coefficient (Wildman–Crippen LogP) is 1.71. The van der Waals surface area contributed by atoms with E-state index in [9.17, 15) is 8.42 Å². The molecule has 0 saturated heterocycles. The summed E-state index contributed by atoms with van der Waals surface area (Å²) in [6.07, 6.45) is 1.68. The zero-order chi connectivity index (χ0) is 13.8. The molecule has 0 aromatic carbocycles. The Balaban J connectivity index is 2.27. The van der Waals surface area contributed by atoms with Crippen molar-refractivity contribution >= 4 is 33.2 Å². The topological polar surface area (TPSA) is 72.7 Å². The van der Waals surface area contributed by atoms with Crippen LogP contribution in [0.3, 0.4) is 0 Å². The minimum atomic E-state index is -3.11. The standard InChI is InChI=1S/C11H14N4O2S2/c1-3-14-10-9(7(2)13-14)12-11(18)15(10)8-4-5-19(16,17)6-8/h4-5,8H,3,6H2,1-2H3,(H,12,18). The van der Waals surface area contributed by atoms with Gasteiger partial charge in [0.05, 0.1) is 17.5 Å². The summed E-state index contributed by atoms with van der Waals surface area (Å²) in [5.74, 6) is 0.0577. The Bertz CT molecular complexity index is 838. The van der Waals surface area contributed by atoms with Gasteiger partial charge >= 0.3 is 0 Å². The van der Waals surface area contributed by atoms with Crippen LogP contribution in [0.15, 0.2) is 11.5 Å². The zero-order valence-electron chi connectivity index (χ0n) is 10.6. The molecule has 0 radical (unpaired) electrons. The highest BCUT2D eigenvalue weighted by molar-refractivity contribution is 7.94. The number of sulfone groups is 1. The van der Waals surface area contributed by atoms with Gasteiger partial charge in [0, 0.05) is 12.0 Å². The minimum absolute atomic E-state index is 0.0577. The molecule has 0 saturated carbocycles. The van der Waals surface area contributed by atoms with Gasteiger partial charge < -0.3 is 4.98 Å². The average Bonchev–Trinajstić information content (AvgIpc) is 2.94. The SMILES string of the molecule is CCn1nc(C)c2[nH]c(=S)n(C3C=CS(=O)(=O)C3)c21. The first kappa shape index (κ1) is 12.6. The third-order valence-electron chi connectivity index (χ3n) is 3.32. The van der Waals surface area contributed by atoms with Crippen LogP contribution in [0.1, 0.15) is 18.7 Å². The Morgan fingerprint density at radius 2 is 2.32 bits per heavy atom. The molecular formula is C11H14N4O2S2. The lowest BCUT2D eigenvalue weighted by Crippen LogP contribution is -2.14. The second-order valence-electron chi connectivity index (χ2n) is 4.63. The fourth-order valence-electron chi connectivity index (χ4n) is 2.47. The lowest BCUT2D eigenvalue weighted by molar-refractivity contribution is 0.584. The van der Waals surface area contributed by atoms with Gasteiger partial charge in [-0.05, 0) is 32.1 Å². The number of allylic oxidation sites excluding steroid dienone is 1. The number of aromatic amines is 1. The Morgan fingerprint density at radius 3 is 2.89 bits per heavy atom. The Kier molecular flexibility index (Phi) is 2.68. The fraction of sp³-hybridized carbons (Fsp3) is 0.455. The van der Waals surface area contributed by atoms with Crippen molar-refractivity contribution in [2.45, 2.75) is 26.4 Å². The van der Waals surface area contributed by atoms with Crippen molar-refractivity contribution in [3.05, 3.63) is 21.9 Å². The van der Waals surface area contributed by atoms with Gasteiger partial charge in [0.15, 0.2) is 20.3 Å². The molecule has 0 bridgehead atoms. The molecule has 2 aromatic rings. The van der Waals surface area contributed by atoms with Crippen molar-refractivity contribution in [3.8, 4) is 0 Å². The molecule has 2 aromatic heterocycles. The number of aromatic nitrogens is 4. The van der Waals surface area contributed by atoms with Gasteiger partial charge in [-0.25, -0.2) is 13.1 Å². The van der Waals surface area contributed by atoms with E-state index in [-0.39, 0.29) is 11.8 Å². The van der Waals surface area contributed by atoms with Crippen LogP contribution in [0.25, 0.3) is 11.2 Å². The highest BCUT2D eigenvalue weighted by atomic mass is 32.2. The third kappa shape index (κ3) is 1.86. The van der Waals surface area contributed by atoms with E-state index in [0.29, 0.717) is 11.3 Å². The van der Waals surface area contributed by atoms with Gasteiger partial charge in [0.1, 0.15) is 5.52 Å². The summed E-state index contributed by atoms with van der Waals surface area (Å²) < 4.78 is 27.4. The van der Waals surface area contributed by atoms with Gasteiger partial charge in [0.2, 0.25) is 0 Å². The number of imidazole rings is 1. The number of rotatable bonds is 2. The third-order valence-corrected chi connectivity index (χ3v) is 5.00. The van der Waals surface area contributed by atoms with E-state index in [4.69, 9.17) is 12.2 Å². The van der Waals surface area contributed by atoms with Crippen LogP contribution >= 0.6 is 12.2 Å². The van der Waals surface area contributed by atoms with E-state index in [0.717, 1.165) is 16.9 Å². The van der Waals surface area contributed by atoms with E-state index in [1.165, 1.54) is 5.41 Å². The van der Waals surface area contributed by atoms with Crippen molar-refractivity contribution in [2.24, 2.45) is 0 Å². The van der Waals surface area contributed by atoms with Gasteiger partial charge in [-0.15, -0.1) is 0 Å². The van der Waals surface area contributed by atoms with Crippen LogP contribution in [0.5, 0.6) is 0 Å². The van der Waals surface area contributed by atoms with Crippen LogP contribution in [0, 0.1) is 11.7 Å². The number of hydrogen-bond acceptors (Lipinski definition) is 4. The van der Waals surface area contributed by atoms with Gasteiger partial charge in [-0.2, -0.15) is 5.10 Å². The molecule has 0 fully saturated rings. The lowest BCUT2D eigenvalue weighted by atomic mass is 10.3. The molecule has 1 aliphatic heterocycles. The van der Waals surface area contributed by atoms with Crippen LogP contribution in [-0.4, -0.2) is 33.5 Å². The van der Waals surface area contributed by atoms with E-state index in [1.807, 2.05) is 23.1 Å². The van der Waals surface area contributed by atoms with E-state index in [1.54, 1.807) is 6.08 Å². The molecule has 8 heteroatoms. The maximum absolute atomic E-state index is 11.6. The Morgan fingerprint density at radius 1 is 1.58 bits per heavy atom. The van der Waals surface area contributed by atoms with Gasteiger partial charge in [0.25, 0.3) is 0 Å². The van der Waals surface area contributed by atoms with Crippen molar-refractivity contribution in [1.29, 1.82) is 0 Å². The highest BCUT2D eigenvalue weighted by Gasteiger charge is 2.27. The molecule has 3 rings (SSSR count). The molecule has 102 valence electrons. The monoisotopic (exact) mass is 298 g/mol. The predicted molar refractivity (Wildman–Crippen MR) is 75.3 cm³/mol. The van der Waals surface area contributed by atoms with Crippen molar-refractivity contribution < 1.29 is 8.42 Å². The number of nitrogens with zero attached hydrogens (tertiary/aromatic N) is 3. The van der Waals surface area contributed by atoms with Crippen molar-refractivity contribution in [2.75, 3.05) is 5.75 Å². The molecular weight excluding hydrogens is 284 g/mol. The molecule has 1 atom stereocenters. The van der Waals surface area contributed by atoms with Crippen LogP contribution < -0.4 is 0 Å². The van der Waals surface area contributed by atoms with Crippen molar-refractivity contribution in [1.82, 2.24) is 19.3 Å². The molecule has 19 heavy (non-hydrogen) atoms. The molecule has 6 nitrogen and oxygen atoms in total. The summed E-state index contributed by atoms with van der Waals surface area (Å²) in [5.41, 5.74) is 2.60. The molecule has 3 heterocycles. The van der Waals surface area contributed by atoms with Crippen LogP contribution in [0.2, 0.25) is 0 Å². The maximum atomic E-state index is 11.6. The summed E-state index contributed by atoms with van der Waals surface area (Å²) >= 11 is 5.32. The maximum Gasteiger partial charge on any atom is 0.179 e. The molecule has 1 N–H and O–H groups in total. The molecule has 1 unspecified atom stereocenters. The summed E-state index contributed by atoms with van der Waals surface area (Å²) in [4.78, 5) is 3.12. The number of nitrogens with one attached hydrogen (secondary N) is 1. The quantitative estimate of drug-likeness (QED) is 0.857. The smallest absolute Gasteiger partial charge is 0.179 e. The first-order valence-corrected chi connectivity index (χ1v) is 8.14. The number of fused-ring (bicyclic) bond motifs is 1. The second kappa shape index (κ2) is 4.04. The van der Waals surface area contributed by atoms with E-state index < -0.39 is 9.84 Å². The first-order valence-electron chi connectivity index (χ1n) is 6.01. The molecule has 0 spiro atoms. The summed E-state index contributed by atoms with van der Waals surface area (Å²) in [5, 5.41) is 5.68. The number of aryl methyl sites for hydroxylation is 2. The minimum Gasteiger partial charge on any atom is -0.328 e. The Labute approximate surface area is 115 Å². The average molecular weight is 298 g/mol. The second-order valence-corrected chi connectivity index (χ2v) is 6.94. The molecule has 1 aliphatic rings. The normalized spacial score (nSPS) is 21.5. The van der Waals surface area contributed by atoms with E-state index in [2.05, 4.69) is 10.1 Å². The highest BCUT2D eigenvalue weighted by Crippen LogP contribution is 2.27. The van der Waals surface area contributed by atoms with Crippen molar-refractivity contribution in [3.63, 3.8) is 0 Å². The number of H-pyrrole nitrogens is 1. The summed E-state index contributed by atoms with van der Waals surface area (Å²) in [7, 11) is -3.11.